The molecule has 17 heavy (non-hydrogen) atoms. The average molecular weight is 257 g/mol. The van der Waals surface area contributed by atoms with Gasteiger partial charge in [0.1, 0.15) is 0 Å². The lowest BCUT2D eigenvalue weighted by Gasteiger charge is -2.18. The molecule has 0 saturated carbocycles. The van der Waals surface area contributed by atoms with E-state index in [0.29, 0.717) is 5.92 Å². The van der Waals surface area contributed by atoms with E-state index in [1.807, 2.05) is 6.92 Å². The number of halogens is 1. The smallest absolute Gasteiger partial charge is 0.0487 e. The van der Waals surface area contributed by atoms with Gasteiger partial charge in [0, 0.05) is 5.38 Å². The standard InChI is InChI=1S/C16H29Cl/c1-5-7-8-13-16(10-6-2)14(3)11-9-12-15(4)17/h9,12,15-16H,3,5-8,10-11,13H2,1-2,4H3. The second-order valence-corrected chi connectivity index (χ2v) is 5.64. The van der Waals surface area contributed by atoms with E-state index in [9.17, 15) is 0 Å². The monoisotopic (exact) mass is 256 g/mol. The van der Waals surface area contributed by atoms with Crippen LogP contribution in [0.3, 0.4) is 0 Å². The predicted molar refractivity (Wildman–Crippen MR) is 80.8 cm³/mol. The van der Waals surface area contributed by atoms with Crippen molar-refractivity contribution < 1.29 is 0 Å². The molecule has 0 aliphatic heterocycles. The van der Waals surface area contributed by atoms with E-state index in [0.717, 1.165) is 6.42 Å². The van der Waals surface area contributed by atoms with Crippen LogP contribution in [0.2, 0.25) is 0 Å². The summed E-state index contributed by atoms with van der Waals surface area (Å²) in [6.07, 6.45) is 13.1. The molecule has 0 aliphatic carbocycles. The Morgan fingerprint density at radius 3 is 2.41 bits per heavy atom. The van der Waals surface area contributed by atoms with Crippen molar-refractivity contribution in [2.75, 3.05) is 0 Å². The Balaban J connectivity index is 4.04. The third kappa shape index (κ3) is 9.47. The third-order valence-electron chi connectivity index (χ3n) is 3.15. The summed E-state index contributed by atoms with van der Waals surface area (Å²) in [5, 5.41) is 0.132. The zero-order valence-corrected chi connectivity index (χ0v) is 12.6. The van der Waals surface area contributed by atoms with Crippen molar-refractivity contribution in [3.63, 3.8) is 0 Å². The molecule has 0 aromatic carbocycles. The van der Waals surface area contributed by atoms with Crippen molar-refractivity contribution >= 4 is 11.6 Å². The Labute approximate surface area is 113 Å². The summed E-state index contributed by atoms with van der Waals surface area (Å²) in [7, 11) is 0. The van der Waals surface area contributed by atoms with Crippen molar-refractivity contribution in [1.82, 2.24) is 0 Å². The Kier molecular flexibility index (Phi) is 10.7. The first-order valence-electron chi connectivity index (χ1n) is 7.10. The molecule has 0 fully saturated rings. The van der Waals surface area contributed by atoms with Gasteiger partial charge in [-0.25, -0.2) is 0 Å². The fourth-order valence-corrected chi connectivity index (χ4v) is 2.22. The van der Waals surface area contributed by atoms with Crippen LogP contribution in [0.25, 0.3) is 0 Å². The highest BCUT2D eigenvalue weighted by Gasteiger charge is 2.10. The van der Waals surface area contributed by atoms with Crippen LogP contribution in [0.4, 0.5) is 0 Å². The molecule has 2 unspecified atom stereocenters. The largest absolute Gasteiger partial charge is 0.119 e. The predicted octanol–water partition coefficient (Wildman–Crippen LogP) is 6.11. The summed E-state index contributed by atoms with van der Waals surface area (Å²) in [5.41, 5.74) is 1.39. The molecule has 0 bridgehead atoms. The SMILES string of the molecule is C=C(CC=CC(C)Cl)C(CCC)CCCCC. The lowest BCUT2D eigenvalue weighted by molar-refractivity contribution is 0.476. The minimum Gasteiger partial charge on any atom is -0.119 e. The minimum atomic E-state index is 0.132. The van der Waals surface area contributed by atoms with Gasteiger partial charge in [-0.3, -0.25) is 0 Å². The van der Waals surface area contributed by atoms with Gasteiger partial charge in [0.15, 0.2) is 0 Å². The van der Waals surface area contributed by atoms with E-state index in [1.54, 1.807) is 0 Å². The number of rotatable bonds is 10. The molecular formula is C16H29Cl. The summed E-state index contributed by atoms with van der Waals surface area (Å²) in [6.45, 7) is 10.8. The Morgan fingerprint density at radius 2 is 1.88 bits per heavy atom. The molecule has 0 heterocycles. The lowest BCUT2D eigenvalue weighted by atomic mass is 9.88. The normalized spacial score (nSPS) is 15.1. The van der Waals surface area contributed by atoms with E-state index in [-0.39, 0.29) is 5.38 Å². The van der Waals surface area contributed by atoms with E-state index < -0.39 is 0 Å². The highest BCUT2D eigenvalue weighted by atomic mass is 35.5. The first kappa shape index (κ1) is 16.8. The van der Waals surface area contributed by atoms with Crippen molar-refractivity contribution in [1.29, 1.82) is 0 Å². The molecule has 2 atom stereocenters. The molecule has 0 spiro atoms. The van der Waals surface area contributed by atoms with E-state index in [4.69, 9.17) is 11.6 Å². The summed E-state index contributed by atoms with van der Waals surface area (Å²) in [6, 6.07) is 0. The van der Waals surface area contributed by atoms with Gasteiger partial charge in [-0.2, -0.15) is 0 Å². The van der Waals surface area contributed by atoms with E-state index >= 15 is 0 Å². The summed E-state index contributed by atoms with van der Waals surface area (Å²) in [5.74, 6) is 0.710. The van der Waals surface area contributed by atoms with Crippen molar-refractivity contribution in [3.05, 3.63) is 24.3 Å². The van der Waals surface area contributed by atoms with Crippen LogP contribution in [0.15, 0.2) is 24.3 Å². The molecule has 0 rings (SSSR count). The van der Waals surface area contributed by atoms with Gasteiger partial charge in [-0.15, -0.1) is 11.6 Å². The van der Waals surface area contributed by atoms with Gasteiger partial charge in [0.05, 0.1) is 0 Å². The maximum atomic E-state index is 5.89. The number of hydrogen-bond acceptors (Lipinski definition) is 0. The van der Waals surface area contributed by atoms with Gasteiger partial charge >= 0.3 is 0 Å². The molecule has 100 valence electrons. The first-order valence-corrected chi connectivity index (χ1v) is 7.53. The summed E-state index contributed by atoms with van der Waals surface area (Å²) in [4.78, 5) is 0. The number of alkyl halides is 1. The van der Waals surface area contributed by atoms with Crippen molar-refractivity contribution in [2.24, 2.45) is 5.92 Å². The fourth-order valence-electron chi connectivity index (χ4n) is 2.12. The van der Waals surface area contributed by atoms with E-state index in [1.165, 1.54) is 44.1 Å². The molecule has 0 amide bonds. The Bertz CT molecular complexity index is 216. The van der Waals surface area contributed by atoms with Crippen molar-refractivity contribution in [2.45, 2.75) is 71.1 Å². The van der Waals surface area contributed by atoms with Crippen LogP contribution >= 0.6 is 11.6 Å². The maximum absolute atomic E-state index is 5.89. The topological polar surface area (TPSA) is 0 Å². The highest BCUT2D eigenvalue weighted by molar-refractivity contribution is 6.21. The number of allylic oxidation sites excluding steroid dienone is 3. The summed E-state index contributed by atoms with van der Waals surface area (Å²) < 4.78 is 0. The van der Waals surface area contributed by atoms with Crippen LogP contribution in [0, 0.1) is 5.92 Å². The fraction of sp³-hybridized carbons (Fsp3) is 0.750. The maximum Gasteiger partial charge on any atom is 0.0487 e. The molecule has 0 radical (unpaired) electrons. The molecule has 1 heteroatoms. The third-order valence-corrected chi connectivity index (χ3v) is 3.30. The average Bonchev–Trinajstić information content (AvgIpc) is 2.27. The quantitative estimate of drug-likeness (QED) is 0.251. The first-order chi connectivity index (χ1) is 8.11. The lowest BCUT2D eigenvalue weighted by Crippen LogP contribution is -2.03. The second-order valence-electron chi connectivity index (χ2n) is 4.95. The van der Waals surface area contributed by atoms with Gasteiger partial charge in [0.2, 0.25) is 0 Å². The van der Waals surface area contributed by atoms with Gasteiger partial charge in [0.25, 0.3) is 0 Å². The molecule has 0 saturated heterocycles. The molecular weight excluding hydrogens is 228 g/mol. The number of unbranched alkanes of at least 4 members (excludes halogenated alkanes) is 2. The van der Waals surface area contributed by atoms with Crippen LogP contribution in [-0.4, -0.2) is 5.38 Å². The molecule has 0 aliphatic rings. The number of hydrogen-bond donors (Lipinski definition) is 0. The van der Waals surface area contributed by atoms with Crippen LogP contribution < -0.4 is 0 Å². The Hall–Kier alpha value is -0.230. The minimum absolute atomic E-state index is 0.132. The van der Waals surface area contributed by atoms with Gasteiger partial charge in [-0.05, 0) is 32.1 Å². The summed E-state index contributed by atoms with van der Waals surface area (Å²) >= 11 is 5.89. The molecule has 0 nitrogen and oxygen atoms in total. The Morgan fingerprint density at radius 1 is 1.18 bits per heavy atom. The zero-order valence-electron chi connectivity index (χ0n) is 11.8. The van der Waals surface area contributed by atoms with Crippen LogP contribution in [0.5, 0.6) is 0 Å². The molecule has 0 aromatic heterocycles. The van der Waals surface area contributed by atoms with Crippen LogP contribution in [0.1, 0.15) is 65.7 Å². The zero-order chi connectivity index (χ0) is 13.1. The van der Waals surface area contributed by atoms with Gasteiger partial charge < -0.3 is 0 Å². The van der Waals surface area contributed by atoms with Crippen molar-refractivity contribution in [3.8, 4) is 0 Å². The van der Waals surface area contributed by atoms with Gasteiger partial charge in [-0.1, -0.05) is 63.8 Å². The second kappa shape index (κ2) is 10.9. The van der Waals surface area contributed by atoms with E-state index in [2.05, 4.69) is 32.6 Å². The highest BCUT2D eigenvalue weighted by Crippen LogP contribution is 2.25. The molecule has 0 N–H and O–H groups in total. The van der Waals surface area contributed by atoms with Crippen LogP contribution in [-0.2, 0) is 0 Å². The molecule has 0 aromatic rings.